The van der Waals surface area contributed by atoms with Crippen molar-refractivity contribution in [2.75, 3.05) is 19.6 Å². The lowest BCUT2D eigenvalue weighted by molar-refractivity contribution is -0.140. The molecule has 2 saturated heterocycles. The van der Waals surface area contributed by atoms with Crippen molar-refractivity contribution in [2.24, 2.45) is 17.8 Å². The minimum atomic E-state index is 0.0705. The van der Waals surface area contributed by atoms with E-state index in [4.69, 9.17) is 4.52 Å². The van der Waals surface area contributed by atoms with E-state index in [1.54, 1.807) is 0 Å². The van der Waals surface area contributed by atoms with Crippen molar-refractivity contribution in [3.63, 3.8) is 0 Å². The van der Waals surface area contributed by atoms with Crippen LogP contribution >= 0.6 is 0 Å². The molecule has 2 amide bonds. The first-order valence-corrected chi connectivity index (χ1v) is 11.1. The molecule has 1 aliphatic carbocycles. The highest BCUT2D eigenvalue weighted by Gasteiger charge is 2.51. The molecule has 0 bridgehead atoms. The molecule has 3 aliphatic rings. The number of aromatic nitrogens is 1. The Balaban J connectivity index is 1.35. The highest BCUT2D eigenvalue weighted by Crippen LogP contribution is 2.46. The van der Waals surface area contributed by atoms with Gasteiger partial charge in [-0.2, -0.15) is 0 Å². The SMILES string of the molecule is Cc1noc(C)c1CC(=O)N1C[C@H]2CN(C(=O)C3CCC3)[C@H](c3ccccc3)[C@H]2C1. The summed E-state index contributed by atoms with van der Waals surface area (Å²) in [6, 6.07) is 10.4. The summed E-state index contributed by atoms with van der Waals surface area (Å²) in [5.41, 5.74) is 2.89. The molecule has 5 rings (SSSR count). The Kier molecular flexibility index (Phi) is 4.88. The molecule has 6 nitrogen and oxygen atoms in total. The number of aryl methyl sites for hydroxylation is 2. The van der Waals surface area contributed by atoms with E-state index in [2.05, 4.69) is 22.2 Å². The maximum absolute atomic E-state index is 13.2. The van der Waals surface area contributed by atoms with Gasteiger partial charge in [0.05, 0.1) is 18.2 Å². The first-order chi connectivity index (χ1) is 14.5. The smallest absolute Gasteiger partial charge is 0.227 e. The van der Waals surface area contributed by atoms with Gasteiger partial charge < -0.3 is 14.3 Å². The minimum Gasteiger partial charge on any atom is -0.361 e. The summed E-state index contributed by atoms with van der Waals surface area (Å²) in [4.78, 5) is 30.3. The third-order valence-corrected chi connectivity index (χ3v) is 7.40. The third kappa shape index (κ3) is 3.22. The van der Waals surface area contributed by atoms with Crippen LogP contribution in [0.25, 0.3) is 0 Å². The monoisotopic (exact) mass is 407 g/mol. The van der Waals surface area contributed by atoms with Gasteiger partial charge in [-0.25, -0.2) is 0 Å². The number of nitrogens with zero attached hydrogens (tertiary/aromatic N) is 3. The Morgan fingerprint density at radius 1 is 1.10 bits per heavy atom. The first kappa shape index (κ1) is 19.3. The normalized spacial score (nSPS) is 26.0. The van der Waals surface area contributed by atoms with Crippen LogP contribution in [0.2, 0.25) is 0 Å². The Hall–Kier alpha value is -2.63. The van der Waals surface area contributed by atoms with E-state index in [0.717, 1.165) is 49.4 Å². The van der Waals surface area contributed by atoms with Crippen LogP contribution in [-0.4, -0.2) is 46.4 Å². The van der Waals surface area contributed by atoms with Crippen LogP contribution in [0.5, 0.6) is 0 Å². The number of benzene rings is 1. The summed E-state index contributed by atoms with van der Waals surface area (Å²) in [7, 11) is 0. The Labute approximate surface area is 177 Å². The molecule has 1 aromatic carbocycles. The van der Waals surface area contributed by atoms with E-state index >= 15 is 0 Å². The average molecular weight is 408 g/mol. The predicted molar refractivity (Wildman–Crippen MR) is 111 cm³/mol. The zero-order chi connectivity index (χ0) is 20.8. The van der Waals surface area contributed by atoms with Gasteiger partial charge >= 0.3 is 0 Å². The lowest BCUT2D eigenvalue weighted by atomic mass is 9.83. The van der Waals surface area contributed by atoms with Gasteiger partial charge in [0.1, 0.15) is 5.76 Å². The number of carbonyl (C=O) groups is 2. The molecule has 30 heavy (non-hydrogen) atoms. The summed E-state index contributed by atoms with van der Waals surface area (Å²) in [5.74, 6) is 2.01. The molecular formula is C24H29N3O3. The first-order valence-electron chi connectivity index (χ1n) is 11.1. The van der Waals surface area contributed by atoms with Gasteiger partial charge in [0.2, 0.25) is 11.8 Å². The maximum atomic E-state index is 13.2. The van der Waals surface area contributed by atoms with Crippen LogP contribution in [0.1, 0.15) is 47.9 Å². The Morgan fingerprint density at radius 2 is 1.87 bits per heavy atom. The van der Waals surface area contributed by atoms with Crippen molar-refractivity contribution < 1.29 is 14.1 Å². The number of carbonyl (C=O) groups excluding carboxylic acids is 2. The van der Waals surface area contributed by atoms with Gasteiger partial charge in [0.15, 0.2) is 0 Å². The minimum absolute atomic E-state index is 0.0705. The van der Waals surface area contributed by atoms with Crippen molar-refractivity contribution in [3.8, 4) is 0 Å². The second-order valence-corrected chi connectivity index (χ2v) is 9.18. The van der Waals surface area contributed by atoms with Gasteiger partial charge in [0.25, 0.3) is 0 Å². The molecule has 1 saturated carbocycles. The standard InChI is InChI=1S/C24H29N3O3/c1-15-20(16(2)30-25-15)11-22(28)26-12-19-13-27(24(29)18-9-6-10-18)23(21(19)14-26)17-7-4-3-5-8-17/h3-5,7-8,18-19,21,23H,6,9-14H2,1-2H3/t19-,21-,23+/m0/s1. The van der Waals surface area contributed by atoms with Crippen molar-refractivity contribution in [1.29, 1.82) is 0 Å². The van der Waals surface area contributed by atoms with Gasteiger partial charge in [-0.3, -0.25) is 9.59 Å². The van der Waals surface area contributed by atoms with Crippen LogP contribution in [0.4, 0.5) is 0 Å². The molecule has 158 valence electrons. The predicted octanol–water partition coefficient (Wildman–Crippen LogP) is 3.29. The summed E-state index contributed by atoms with van der Waals surface area (Å²) in [6.07, 6.45) is 3.54. The van der Waals surface area contributed by atoms with Gasteiger partial charge in [-0.15, -0.1) is 0 Å². The molecule has 2 aliphatic heterocycles. The lowest BCUT2D eigenvalue weighted by Crippen LogP contribution is -2.42. The summed E-state index contributed by atoms with van der Waals surface area (Å²) < 4.78 is 5.22. The average Bonchev–Trinajstić information content (AvgIpc) is 3.35. The highest BCUT2D eigenvalue weighted by molar-refractivity contribution is 5.81. The fraction of sp³-hybridized carbons (Fsp3) is 0.542. The Bertz CT molecular complexity index is 930. The van der Waals surface area contributed by atoms with E-state index in [9.17, 15) is 9.59 Å². The highest BCUT2D eigenvalue weighted by atomic mass is 16.5. The van der Waals surface area contributed by atoms with Crippen LogP contribution in [0.15, 0.2) is 34.9 Å². The van der Waals surface area contributed by atoms with Crippen molar-refractivity contribution in [1.82, 2.24) is 15.0 Å². The fourth-order valence-electron chi connectivity index (χ4n) is 5.46. The van der Waals surface area contributed by atoms with Crippen molar-refractivity contribution in [3.05, 3.63) is 52.9 Å². The van der Waals surface area contributed by atoms with E-state index < -0.39 is 0 Å². The zero-order valence-corrected chi connectivity index (χ0v) is 17.7. The molecule has 3 heterocycles. The molecule has 3 fully saturated rings. The third-order valence-electron chi connectivity index (χ3n) is 7.40. The quantitative estimate of drug-likeness (QED) is 0.780. The fourth-order valence-corrected chi connectivity index (χ4v) is 5.46. The van der Waals surface area contributed by atoms with Crippen molar-refractivity contribution >= 4 is 11.8 Å². The molecule has 6 heteroatoms. The summed E-state index contributed by atoms with van der Waals surface area (Å²) in [6.45, 7) is 5.93. The largest absolute Gasteiger partial charge is 0.361 e. The van der Waals surface area contributed by atoms with Crippen LogP contribution in [-0.2, 0) is 16.0 Å². The van der Waals surface area contributed by atoms with Crippen LogP contribution < -0.4 is 0 Å². The molecule has 1 aromatic heterocycles. The zero-order valence-electron chi connectivity index (χ0n) is 17.7. The van der Waals surface area contributed by atoms with Gasteiger partial charge in [0, 0.05) is 43.0 Å². The Morgan fingerprint density at radius 3 is 2.50 bits per heavy atom. The van der Waals surface area contributed by atoms with Crippen LogP contribution in [0.3, 0.4) is 0 Å². The summed E-state index contributed by atoms with van der Waals surface area (Å²) in [5, 5.41) is 3.97. The molecule has 0 N–H and O–H groups in total. The molecule has 2 aromatic rings. The molecule has 0 spiro atoms. The number of hydrogen-bond acceptors (Lipinski definition) is 4. The number of fused-ring (bicyclic) bond motifs is 1. The van der Waals surface area contributed by atoms with E-state index in [0.29, 0.717) is 30.7 Å². The number of hydrogen-bond donors (Lipinski definition) is 0. The lowest BCUT2D eigenvalue weighted by Gasteiger charge is -2.35. The molecular weight excluding hydrogens is 378 g/mol. The van der Waals surface area contributed by atoms with Crippen LogP contribution in [0, 0.1) is 31.6 Å². The number of likely N-dealkylation sites (tertiary alicyclic amines) is 2. The van der Waals surface area contributed by atoms with Gasteiger partial charge in [-0.05, 0) is 32.3 Å². The van der Waals surface area contributed by atoms with E-state index in [1.807, 2.05) is 36.9 Å². The van der Waals surface area contributed by atoms with E-state index in [1.165, 1.54) is 5.56 Å². The summed E-state index contributed by atoms with van der Waals surface area (Å²) >= 11 is 0. The second-order valence-electron chi connectivity index (χ2n) is 9.18. The number of rotatable bonds is 4. The maximum Gasteiger partial charge on any atom is 0.227 e. The second kappa shape index (κ2) is 7.56. The van der Waals surface area contributed by atoms with Crippen molar-refractivity contribution in [2.45, 2.75) is 45.6 Å². The topological polar surface area (TPSA) is 66.7 Å². The molecule has 0 unspecified atom stereocenters. The van der Waals surface area contributed by atoms with Gasteiger partial charge in [-0.1, -0.05) is 41.9 Å². The molecule has 0 radical (unpaired) electrons. The number of amides is 2. The van der Waals surface area contributed by atoms with E-state index in [-0.39, 0.29) is 17.9 Å². The molecule has 3 atom stereocenters.